The van der Waals surface area contributed by atoms with Crippen molar-refractivity contribution in [2.75, 3.05) is 11.9 Å². The van der Waals surface area contributed by atoms with Crippen LogP contribution in [0.15, 0.2) is 42.7 Å². The Balaban J connectivity index is 1.70. The average molecular weight is 298 g/mol. The van der Waals surface area contributed by atoms with E-state index in [4.69, 9.17) is 0 Å². The van der Waals surface area contributed by atoms with Gasteiger partial charge in [-0.15, -0.1) is 0 Å². The van der Waals surface area contributed by atoms with E-state index in [1.807, 2.05) is 12.4 Å². The van der Waals surface area contributed by atoms with E-state index in [9.17, 15) is 0 Å². The Kier molecular flexibility index (Phi) is 6.84. The lowest BCUT2D eigenvalue weighted by molar-refractivity contribution is 0.513. The van der Waals surface area contributed by atoms with Crippen LogP contribution >= 0.6 is 0 Å². The minimum Gasteiger partial charge on any atom is -0.354 e. The van der Waals surface area contributed by atoms with Crippen LogP contribution in [0.2, 0.25) is 0 Å². The van der Waals surface area contributed by atoms with E-state index < -0.39 is 0 Å². The molecule has 118 valence electrons. The Morgan fingerprint density at radius 1 is 1.05 bits per heavy atom. The van der Waals surface area contributed by atoms with Crippen LogP contribution in [-0.2, 0) is 13.0 Å². The van der Waals surface area contributed by atoms with Gasteiger partial charge in [0.1, 0.15) is 0 Å². The normalized spacial score (nSPS) is 12.1. The Bertz CT molecular complexity index is 525. The van der Waals surface area contributed by atoms with E-state index in [0.29, 0.717) is 12.0 Å². The summed E-state index contributed by atoms with van der Waals surface area (Å²) in [6, 6.07) is 11.1. The summed E-state index contributed by atoms with van der Waals surface area (Å²) >= 11 is 0. The molecule has 1 aromatic carbocycles. The summed E-state index contributed by atoms with van der Waals surface area (Å²) in [6.07, 6.45) is 7.09. The van der Waals surface area contributed by atoms with Crippen molar-refractivity contribution in [2.45, 2.75) is 45.7 Å². The fraction of sp³-hybridized carbons (Fsp3) is 0.444. The number of anilines is 1. The topological polar surface area (TPSA) is 49.8 Å². The summed E-state index contributed by atoms with van der Waals surface area (Å²) in [7, 11) is 0. The smallest absolute Gasteiger partial charge is 0.222 e. The highest BCUT2D eigenvalue weighted by Crippen LogP contribution is 2.06. The van der Waals surface area contributed by atoms with Gasteiger partial charge in [-0.05, 0) is 31.7 Å². The lowest BCUT2D eigenvalue weighted by atomic mass is 10.1. The lowest BCUT2D eigenvalue weighted by Crippen LogP contribution is -2.26. The first-order valence-corrected chi connectivity index (χ1v) is 8.10. The molecule has 0 saturated heterocycles. The van der Waals surface area contributed by atoms with Crippen molar-refractivity contribution in [1.82, 2.24) is 15.3 Å². The number of benzene rings is 1. The molecule has 4 heteroatoms. The van der Waals surface area contributed by atoms with Crippen molar-refractivity contribution >= 4 is 5.95 Å². The van der Waals surface area contributed by atoms with Gasteiger partial charge in [0.2, 0.25) is 5.95 Å². The van der Waals surface area contributed by atoms with E-state index in [-0.39, 0.29) is 0 Å². The van der Waals surface area contributed by atoms with Crippen LogP contribution in [0, 0.1) is 0 Å². The molecule has 2 N–H and O–H groups in total. The van der Waals surface area contributed by atoms with Crippen LogP contribution in [0.4, 0.5) is 5.95 Å². The molecule has 0 aliphatic carbocycles. The molecule has 1 heterocycles. The third-order valence-corrected chi connectivity index (χ3v) is 3.60. The molecule has 4 nitrogen and oxygen atoms in total. The Labute approximate surface area is 133 Å². The summed E-state index contributed by atoms with van der Waals surface area (Å²) in [6.45, 7) is 6.07. The lowest BCUT2D eigenvalue weighted by Gasteiger charge is -2.13. The molecular weight excluding hydrogens is 272 g/mol. The van der Waals surface area contributed by atoms with Gasteiger partial charge < -0.3 is 10.6 Å². The average Bonchev–Trinajstić information content (AvgIpc) is 2.58. The van der Waals surface area contributed by atoms with Gasteiger partial charge in [0.25, 0.3) is 0 Å². The third-order valence-electron chi connectivity index (χ3n) is 3.60. The number of hydrogen-bond donors (Lipinski definition) is 2. The van der Waals surface area contributed by atoms with E-state index in [1.54, 1.807) is 0 Å². The van der Waals surface area contributed by atoms with Crippen LogP contribution in [-0.4, -0.2) is 22.6 Å². The SMILES string of the molecule is CCCNc1ncc(CN[C@H](C)CCc2ccccc2)cn1. The van der Waals surface area contributed by atoms with Crippen molar-refractivity contribution in [2.24, 2.45) is 0 Å². The van der Waals surface area contributed by atoms with Crippen LogP contribution < -0.4 is 10.6 Å². The second kappa shape index (κ2) is 9.15. The predicted octanol–water partition coefficient (Wildman–Crippen LogP) is 3.41. The zero-order valence-electron chi connectivity index (χ0n) is 13.5. The summed E-state index contributed by atoms with van der Waals surface area (Å²) in [5, 5.41) is 6.71. The minimum absolute atomic E-state index is 0.470. The molecule has 0 aliphatic heterocycles. The van der Waals surface area contributed by atoms with Gasteiger partial charge in [-0.1, -0.05) is 37.3 Å². The summed E-state index contributed by atoms with van der Waals surface area (Å²) in [5.74, 6) is 0.711. The molecule has 22 heavy (non-hydrogen) atoms. The predicted molar refractivity (Wildman–Crippen MR) is 91.9 cm³/mol. The van der Waals surface area contributed by atoms with Gasteiger partial charge in [-0.25, -0.2) is 9.97 Å². The molecule has 1 atom stereocenters. The fourth-order valence-corrected chi connectivity index (χ4v) is 2.20. The van der Waals surface area contributed by atoms with Gasteiger partial charge in [-0.3, -0.25) is 0 Å². The molecule has 0 amide bonds. The maximum atomic E-state index is 4.33. The van der Waals surface area contributed by atoms with Gasteiger partial charge in [0, 0.05) is 37.1 Å². The number of aryl methyl sites for hydroxylation is 1. The monoisotopic (exact) mass is 298 g/mol. The molecular formula is C18H26N4. The van der Waals surface area contributed by atoms with Crippen LogP contribution in [0.1, 0.15) is 37.8 Å². The van der Waals surface area contributed by atoms with Gasteiger partial charge >= 0.3 is 0 Å². The van der Waals surface area contributed by atoms with Gasteiger partial charge in [0.05, 0.1) is 0 Å². The first kappa shape index (κ1) is 16.4. The first-order chi connectivity index (χ1) is 10.8. The Morgan fingerprint density at radius 3 is 2.45 bits per heavy atom. The highest BCUT2D eigenvalue weighted by molar-refractivity contribution is 5.24. The number of rotatable bonds is 9. The van der Waals surface area contributed by atoms with Crippen LogP contribution in [0.3, 0.4) is 0 Å². The standard InChI is InChI=1S/C18H26N4/c1-3-11-19-18-21-13-17(14-22-18)12-20-15(2)9-10-16-7-5-4-6-8-16/h4-8,13-15,20H,3,9-12H2,1-2H3,(H,19,21,22)/t15-/m1/s1. The largest absolute Gasteiger partial charge is 0.354 e. The Morgan fingerprint density at radius 2 is 1.77 bits per heavy atom. The zero-order valence-corrected chi connectivity index (χ0v) is 13.5. The highest BCUT2D eigenvalue weighted by Gasteiger charge is 2.03. The zero-order chi connectivity index (χ0) is 15.6. The maximum absolute atomic E-state index is 4.33. The van der Waals surface area contributed by atoms with E-state index in [0.717, 1.165) is 37.9 Å². The highest BCUT2D eigenvalue weighted by atomic mass is 15.1. The summed E-state index contributed by atoms with van der Waals surface area (Å²) < 4.78 is 0. The van der Waals surface area contributed by atoms with Gasteiger partial charge in [-0.2, -0.15) is 0 Å². The Hall–Kier alpha value is -1.94. The second-order valence-corrected chi connectivity index (χ2v) is 5.65. The molecule has 1 aromatic heterocycles. The molecule has 0 unspecified atom stereocenters. The van der Waals surface area contributed by atoms with E-state index >= 15 is 0 Å². The van der Waals surface area contributed by atoms with E-state index in [1.165, 1.54) is 5.56 Å². The van der Waals surface area contributed by atoms with Crippen LogP contribution in [0.5, 0.6) is 0 Å². The first-order valence-electron chi connectivity index (χ1n) is 8.10. The maximum Gasteiger partial charge on any atom is 0.222 e. The van der Waals surface area contributed by atoms with Crippen molar-refractivity contribution in [3.63, 3.8) is 0 Å². The quantitative estimate of drug-likeness (QED) is 0.745. The molecule has 0 aliphatic rings. The number of aromatic nitrogens is 2. The molecule has 0 fully saturated rings. The van der Waals surface area contributed by atoms with Crippen molar-refractivity contribution in [3.05, 3.63) is 53.9 Å². The third kappa shape index (κ3) is 5.82. The molecule has 0 radical (unpaired) electrons. The summed E-state index contributed by atoms with van der Waals surface area (Å²) in [4.78, 5) is 8.65. The summed E-state index contributed by atoms with van der Waals surface area (Å²) in [5.41, 5.74) is 2.51. The molecule has 0 spiro atoms. The van der Waals surface area contributed by atoms with Crippen molar-refractivity contribution < 1.29 is 0 Å². The number of hydrogen-bond acceptors (Lipinski definition) is 4. The minimum atomic E-state index is 0.470. The van der Waals surface area contributed by atoms with Crippen molar-refractivity contribution in [1.29, 1.82) is 0 Å². The van der Waals surface area contributed by atoms with Gasteiger partial charge in [0.15, 0.2) is 0 Å². The van der Waals surface area contributed by atoms with Crippen LogP contribution in [0.25, 0.3) is 0 Å². The van der Waals surface area contributed by atoms with E-state index in [2.05, 4.69) is 64.8 Å². The fourth-order valence-electron chi connectivity index (χ4n) is 2.20. The number of nitrogens with zero attached hydrogens (tertiary/aromatic N) is 2. The molecule has 0 saturated carbocycles. The molecule has 0 bridgehead atoms. The molecule has 2 aromatic rings. The number of nitrogens with one attached hydrogen (secondary N) is 2. The second-order valence-electron chi connectivity index (χ2n) is 5.65. The van der Waals surface area contributed by atoms with Crippen molar-refractivity contribution in [3.8, 4) is 0 Å². The molecule has 2 rings (SSSR count).